The Morgan fingerprint density at radius 2 is 2.24 bits per heavy atom. The highest BCUT2D eigenvalue weighted by Gasteiger charge is 2.29. The Morgan fingerprint density at radius 3 is 2.82 bits per heavy atom. The topological polar surface area (TPSA) is 48.9 Å². The molecule has 2 aromatic heterocycles. The van der Waals surface area contributed by atoms with Crippen LogP contribution in [0.4, 0.5) is 0 Å². The summed E-state index contributed by atoms with van der Waals surface area (Å²) in [6, 6.07) is 2.07. The van der Waals surface area contributed by atoms with Gasteiger partial charge in [0.1, 0.15) is 0 Å². The van der Waals surface area contributed by atoms with E-state index in [2.05, 4.69) is 21.6 Å². The molecule has 0 amide bonds. The van der Waals surface area contributed by atoms with Crippen molar-refractivity contribution in [2.45, 2.75) is 38.2 Å². The molecule has 0 bridgehead atoms. The smallest absolute Gasteiger partial charge is 0.0932 e. The van der Waals surface area contributed by atoms with E-state index in [1.165, 1.54) is 29.7 Å². The molecule has 0 aromatic carbocycles. The Morgan fingerprint density at radius 1 is 1.47 bits per heavy atom. The zero-order chi connectivity index (χ0) is 12.0. The summed E-state index contributed by atoms with van der Waals surface area (Å²) in [6.45, 7) is 3.64. The number of hydrogen-bond donors (Lipinski definition) is 2. The monoisotopic (exact) mass is 248 g/mol. The van der Waals surface area contributed by atoms with Crippen LogP contribution in [0.5, 0.6) is 0 Å². The Kier molecular flexibility index (Phi) is 2.38. The van der Waals surface area contributed by atoms with Crippen LogP contribution in [-0.2, 0) is 5.60 Å². The van der Waals surface area contributed by atoms with E-state index in [0.29, 0.717) is 5.92 Å². The number of aromatic nitrogens is 2. The first kappa shape index (κ1) is 11.0. The maximum absolute atomic E-state index is 9.98. The summed E-state index contributed by atoms with van der Waals surface area (Å²) in [4.78, 5) is 0.996. The fraction of sp³-hybridized carbons (Fsp3) is 0.462. The van der Waals surface area contributed by atoms with Crippen molar-refractivity contribution in [1.82, 2.24) is 10.2 Å². The molecule has 1 aliphatic carbocycles. The Bertz CT molecular complexity index is 532. The molecule has 2 aromatic rings. The molecule has 3 nitrogen and oxygen atoms in total. The van der Waals surface area contributed by atoms with Gasteiger partial charge in [-0.25, -0.2) is 0 Å². The highest BCUT2D eigenvalue weighted by molar-refractivity contribution is 7.10. The molecule has 1 fully saturated rings. The van der Waals surface area contributed by atoms with Gasteiger partial charge in [-0.2, -0.15) is 5.10 Å². The SMILES string of the molecule is CC(C)(O)c1cc(-c2cn[nH]c2C2CC2)cs1. The van der Waals surface area contributed by atoms with Crippen molar-refractivity contribution in [2.75, 3.05) is 0 Å². The molecule has 0 saturated heterocycles. The second kappa shape index (κ2) is 3.68. The van der Waals surface area contributed by atoms with E-state index in [4.69, 9.17) is 0 Å². The summed E-state index contributed by atoms with van der Waals surface area (Å²) >= 11 is 1.60. The van der Waals surface area contributed by atoms with E-state index in [-0.39, 0.29) is 0 Å². The largest absolute Gasteiger partial charge is 0.385 e. The molecule has 2 N–H and O–H groups in total. The number of nitrogens with one attached hydrogen (secondary N) is 1. The molecule has 1 aliphatic rings. The lowest BCUT2D eigenvalue weighted by Gasteiger charge is -2.13. The standard InChI is InChI=1S/C13H16N2OS/c1-13(2,16)11-5-9(7-17-11)10-6-14-15-12(10)8-3-4-8/h5-8,16H,3-4H2,1-2H3,(H,14,15). The Hall–Kier alpha value is -1.13. The van der Waals surface area contributed by atoms with Gasteiger partial charge in [0.25, 0.3) is 0 Å². The van der Waals surface area contributed by atoms with Gasteiger partial charge in [0.05, 0.1) is 11.8 Å². The summed E-state index contributed by atoms with van der Waals surface area (Å²) < 4.78 is 0. The van der Waals surface area contributed by atoms with Gasteiger partial charge in [0, 0.05) is 22.1 Å². The van der Waals surface area contributed by atoms with Crippen LogP contribution in [0.15, 0.2) is 17.6 Å². The van der Waals surface area contributed by atoms with E-state index < -0.39 is 5.60 Å². The molecular weight excluding hydrogens is 232 g/mol. The minimum Gasteiger partial charge on any atom is -0.385 e. The van der Waals surface area contributed by atoms with Gasteiger partial charge in [0.2, 0.25) is 0 Å². The first-order valence-corrected chi connectivity index (χ1v) is 6.78. The van der Waals surface area contributed by atoms with Crippen LogP contribution in [0.25, 0.3) is 11.1 Å². The summed E-state index contributed by atoms with van der Waals surface area (Å²) in [5.41, 5.74) is 2.86. The first-order valence-electron chi connectivity index (χ1n) is 5.91. The van der Waals surface area contributed by atoms with E-state index in [0.717, 1.165) is 4.88 Å². The number of aliphatic hydroxyl groups is 1. The molecule has 0 atom stereocenters. The third kappa shape index (κ3) is 2.03. The van der Waals surface area contributed by atoms with Gasteiger partial charge in [-0.3, -0.25) is 5.10 Å². The lowest BCUT2D eigenvalue weighted by molar-refractivity contribution is 0.0826. The third-order valence-corrected chi connectivity index (χ3v) is 4.41. The van der Waals surface area contributed by atoms with Crippen LogP contribution < -0.4 is 0 Å². The van der Waals surface area contributed by atoms with Crippen LogP contribution in [0.1, 0.15) is 43.2 Å². The third-order valence-electron chi connectivity index (χ3n) is 3.17. The number of nitrogens with zero attached hydrogens (tertiary/aromatic N) is 1. The van der Waals surface area contributed by atoms with E-state index >= 15 is 0 Å². The summed E-state index contributed by atoms with van der Waals surface area (Å²) in [5, 5.41) is 19.3. The average Bonchev–Trinajstić information content (AvgIpc) is 2.82. The number of aromatic amines is 1. The molecular formula is C13H16N2OS. The Balaban J connectivity index is 1.98. The fourth-order valence-corrected chi connectivity index (χ4v) is 2.94. The molecule has 2 heterocycles. The van der Waals surface area contributed by atoms with Gasteiger partial charge in [-0.05, 0) is 43.7 Å². The number of hydrogen-bond acceptors (Lipinski definition) is 3. The predicted octanol–water partition coefficient (Wildman–Crippen LogP) is 3.24. The number of thiophene rings is 1. The first-order chi connectivity index (χ1) is 8.05. The molecule has 0 spiro atoms. The lowest BCUT2D eigenvalue weighted by Crippen LogP contribution is -2.12. The lowest BCUT2D eigenvalue weighted by atomic mass is 10.0. The second-order valence-corrected chi connectivity index (χ2v) is 6.14. The molecule has 4 heteroatoms. The number of H-pyrrole nitrogens is 1. The highest BCUT2D eigenvalue weighted by atomic mass is 32.1. The van der Waals surface area contributed by atoms with Crippen molar-refractivity contribution in [2.24, 2.45) is 0 Å². The van der Waals surface area contributed by atoms with Crippen molar-refractivity contribution in [3.63, 3.8) is 0 Å². The van der Waals surface area contributed by atoms with Crippen molar-refractivity contribution in [3.8, 4) is 11.1 Å². The maximum atomic E-state index is 9.98. The molecule has 0 unspecified atom stereocenters. The molecule has 17 heavy (non-hydrogen) atoms. The van der Waals surface area contributed by atoms with Gasteiger partial charge in [-0.1, -0.05) is 0 Å². The van der Waals surface area contributed by atoms with Gasteiger partial charge in [-0.15, -0.1) is 11.3 Å². The minimum atomic E-state index is -0.758. The zero-order valence-electron chi connectivity index (χ0n) is 10.0. The average molecular weight is 248 g/mol. The maximum Gasteiger partial charge on any atom is 0.0932 e. The van der Waals surface area contributed by atoms with Gasteiger partial charge < -0.3 is 5.11 Å². The molecule has 0 aliphatic heterocycles. The van der Waals surface area contributed by atoms with Crippen LogP contribution in [0, 0.1) is 0 Å². The quantitative estimate of drug-likeness (QED) is 0.876. The van der Waals surface area contributed by atoms with Crippen LogP contribution >= 0.6 is 11.3 Å². The van der Waals surface area contributed by atoms with Crippen molar-refractivity contribution in [3.05, 3.63) is 28.2 Å². The van der Waals surface area contributed by atoms with Crippen molar-refractivity contribution in [1.29, 1.82) is 0 Å². The van der Waals surface area contributed by atoms with Crippen molar-refractivity contribution >= 4 is 11.3 Å². The van der Waals surface area contributed by atoms with E-state index in [1.807, 2.05) is 20.0 Å². The van der Waals surface area contributed by atoms with Gasteiger partial charge >= 0.3 is 0 Å². The van der Waals surface area contributed by atoms with Crippen LogP contribution in [0.3, 0.4) is 0 Å². The zero-order valence-corrected chi connectivity index (χ0v) is 10.8. The Labute approximate surface area is 105 Å². The molecule has 1 saturated carbocycles. The molecule has 3 rings (SSSR count). The number of rotatable bonds is 3. The fourth-order valence-electron chi connectivity index (χ4n) is 2.01. The van der Waals surface area contributed by atoms with E-state index in [9.17, 15) is 5.11 Å². The normalized spacial score (nSPS) is 16.4. The minimum absolute atomic E-state index is 0.665. The van der Waals surface area contributed by atoms with Crippen LogP contribution in [-0.4, -0.2) is 15.3 Å². The van der Waals surface area contributed by atoms with Crippen LogP contribution in [0.2, 0.25) is 0 Å². The summed E-state index contributed by atoms with van der Waals surface area (Å²) in [6.07, 6.45) is 4.42. The molecule has 0 radical (unpaired) electrons. The predicted molar refractivity (Wildman–Crippen MR) is 69.1 cm³/mol. The van der Waals surface area contributed by atoms with Gasteiger partial charge in [0.15, 0.2) is 0 Å². The highest BCUT2D eigenvalue weighted by Crippen LogP contribution is 2.44. The van der Waals surface area contributed by atoms with Crippen molar-refractivity contribution < 1.29 is 5.11 Å². The second-order valence-electron chi connectivity index (χ2n) is 5.23. The molecule has 90 valence electrons. The summed E-state index contributed by atoms with van der Waals surface area (Å²) in [7, 11) is 0. The van der Waals surface area contributed by atoms with E-state index in [1.54, 1.807) is 11.3 Å². The summed E-state index contributed by atoms with van der Waals surface area (Å²) in [5.74, 6) is 0.665.